The SMILES string of the molecule is Cc1nc(C)n(Cc2cccc(/C=C/C(=O)O)c2)n1. The molecule has 0 saturated carbocycles. The molecule has 0 aliphatic rings. The maximum atomic E-state index is 10.5. The lowest BCUT2D eigenvalue weighted by Crippen LogP contribution is -2.04. The van der Waals surface area contributed by atoms with E-state index in [9.17, 15) is 4.79 Å². The van der Waals surface area contributed by atoms with Crippen molar-refractivity contribution in [2.24, 2.45) is 0 Å². The van der Waals surface area contributed by atoms with Gasteiger partial charge in [-0.1, -0.05) is 18.2 Å². The molecule has 0 radical (unpaired) electrons. The molecule has 0 aliphatic carbocycles. The number of carboxylic acid groups (broad SMARTS) is 1. The Morgan fingerprint density at radius 1 is 1.42 bits per heavy atom. The molecule has 0 aliphatic heterocycles. The second-order valence-corrected chi connectivity index (χ2v) is 4.28. The normalized spacial score (nSPS) is 11.1. The zero-order valence-corrected chi connectivity index (χ0v) is 10.9. The minimum Gasteiger partial charge on any atom is -0.478 e. The Bertz CT molecular complexity index is 629. The number of carbonyl (C=O) groups is 1. The fourth-order valence-corrected chi connectivity index (χ4v) is 1.85. The van der Waals surface area contributed by atoms with Crippen LogP contribution in [-0.4, -0.2) is 25.8 Å². The number of aryl methyl sites for hydroxylation is 2. The number of benzene rings is 1. The number of carboxylic acids is 1. The number of hydrogen-bond donors (Lipinski definition) is 1. The fourth-order valence-electron chi connectivity index (χ4n) is 1.85. The maximum Gasteiger partial charge on any atom is 0.328 e. The summed E-state index contributed by atoms with van der Waals surface area (Å²) in [5, 5.41) is 12.9. The van der Waals surface area contributed by atoms with Crippen molar-refractivity contribution in [3.8, 4) is 0 Å². The van der Waals surface area contributed by atoms with E-state index >= 15 is 0 Å². The van der Waals surface area contributed by atoms with Gasteiger partial charge in [-0.25, -0.2) is 14.5 Å². The van der Waals surface area contributed by atoms with E-state index in [1.165, 1.54) is 0 Å². The van der Waals surface area contributed by atoms with Crippen molar-refractivity contribution < 1.29 is 9.90 Å². The molecule has 5 nitrogen and oxygen atoms in total. The molecular weight excluding hydrogens is 242 g/mol. The molecule has 0 unspecified atom stereocenters. The number of nitrogens with zero attached hydrogens (tertiary/aromatic N) is 3. The summed E-state index contributed by atoms with van der Waals surface area (Å²) in [6.07, 6.45) is 2.70. The molecule has 2 rings (SSSR count). The van der Waals surface area contributed by atoms with Gasteiger partial charge in [-0.05, 0) is 37.1 Å². The Morgan fingerprint density at radius 2 is 2.21 bits per heavy atom. The minimum atomic E-state index is -0.951. The molecule has 0 fully saturated rings. The number of aromatic nitrogens is 3. The topological polar surface area (TPSA) is 68.0 Å². The number of hydrogen-bond acceptors (Lipinski definition) is 3. The maximum absolute atomic E-state index is 10.5. The molecule has 1 aromatic carbocycles. The first kappa shape index (κ1) is 13.0. The standard InChI is InChI=1S/C14H15N3O2/c1-10-15-11(2)17(16-10)9-13-5-3-4-12(8-13)6-7-14(18)19/h3-8H,9H2,1-2H3,(H,18,19)/b7-6+. The van der Waals surface area contributed by atoms with Crippen molar-refractivity contribution in [1.82, 2.24) is 14.8 Å². The second kappa shape index (κ2) is 5.48. The van der Waals surface area contributed by atoms with Gasteiger partial charge >= 0.3 is 5.97 Å². The lowest BCUT2D eigenvalue weighted by molar-refractivity contribution is -0.131. The Morgan fingerprint density at radius 3 is 2.84 bits per heavy atom. The van der Waals surface area contributed by atoms with Crippen molar-refractivity contribution in [2.75, 3.05) is 0 Å². The van der Waals surface area contributed by atoms with Crippen LogP contribution in [-0.2, 0) is 11.3 Å². The summed E-state index contributed by atoms with van der Waals surface area (Å²) in [5.41, 5.74) is 1.91. The molecule has 19 heavy (non-hydrogen) atoms. The quantitative estimate of drug-likeness (QED) is 0.851. The molecule has 0 atom stereocenters. The monoisotopic (exact) mass is 257 g/mol. The molecule has 0 saturated heterocycles. The molecular formula is C14H15N3O2. The molecule has 98 valence electrons. The number of aliphatic carboxylic acids is 1. The summed E-state index contributed by atoms with van der Waals surface area (Å²) in [7, 11) is 0. The van der Waals surface area contributed by atoms with Gasteiger partial charge in [-0.3, -0.25) is 0 Å². The highest BCUT2D eigenvalue weighted by molar-refractivity contribution is 5.85. The predicted octanol–water partition coefficient (Wildman–Crippen LogP) is 2.04. The van der Waals surface area contributed by atoms with E-state index in [1.54, 1.807) is 6.08 Å². The summed E-state index contributed by atoms with van der Waals surface area (Å²) in [6.45, 7) is 4.39. The van der Waals surface area contributed by atoms with Crippen LogP contribution in [0.2, 0.25) is 0 Å². The third-order valence-electron chi connectivity index (χ3n) is 2.66. The van der Waals surface area contributed by atoms with Crippen molar-refractivity contribution in [3.05, 3.63) is 53.1 Å². The van der Waals surface area contributed by atoms with E-state index in [1.807, 2.05) is 42.8 Å². The molecule has 0 spiro atoms. The zero-order valence-electron chi connectivity index (χ0n) is 10.9. The van der Waals surface area contributed by atoms with E-state index in [0.29, 0.717) is 6.54 Å². The van der Waals surface area contributed by atoms with Crippen LogP contribution in [0.3, 0.4) is 0 Å². The Kier molecular flexibility index (Phi) is 3.75. The zero-order chi connectivity index (χ0) is 13.8. The van der Waals surface area contributed by atoms with Gasteiger partial charge in [0, 0.05) is 6.08 Å². The summed E-state index contributed by atoms with van der Waals surface area (Å²) in [4.78, 5) is 14.7. The lowest BCUT2D eigenvalue weighted by Gasteiger charge is -2.04. The second-order valence-electron chi connectivity index (χ2n) is 4.28. The van der Waals surface area contributed by atoms with Gasteiger partial charge in [-0.15, -0.1) is 0 Å². The lowest BCUT2D eigenvalue weighted by atomic mass is 10.1. The van der Waals surface area contributed by atoms with E-state index in [-0.39, 0.29) is 0 Å². The van der Waals surface area contributed by atoms with Crippen LogP contribution < -0.4 is 0 Å². The molecule has 5 heteroatoms. The van der Waals surface area contributed by atoms with Gasteiger partial charge in [0.2, 0.25) is 0 Å². The summed E-state index contributed by atoms with van der Waals surface area (Å²) < 4.78 is 1.83. The Labute approximate surface area is 111 Å². The first-order valence-electron chi connectivity index (χ1n) is 5.92. The Balaban J connectivity index is 2.19. The van der Waals surface area contributed by atoms with Crippen LogP contribution in [0.25, 0.3) is 6.08 Å². The van der Waals surface area contributed by atoms with E-state index < -0.39 is 5.97 Å². The predicted molar refractivity (Wildman–Crippen MR) is 71.7 cm³/mol. The highest BCUT2D eigenvalue weighted by Crippen LogP contribution is 2.09. The van der Waals surface area contributed by atoms with E-state index in [2.05, 4.69) is 10.1 Å². The van der Waals surface area contributed by atoms with Gasteiger partial charge < -0.3 is 5.11 Å². The summed E-state index contributed by atoms with van der Waals surface area (Å²) >= 11 is 0. The van der Waals surface area contributed by atoms with Crippen molar-refractivity contribution >= 4 is 12.0 Å². The first-order chi connectivity index (χ1) is 9.04. The molecule has 0 bridgehead atoms. The molecule has 0 amide bonds. The van der Waals surface area contributed by atoms with Gasteiger partial charge in [0.15, 0.2) is 0 Å². The Hall–Kier alpha value is -2.43. The summed E-state index contributed by atoms with van der Waals surface area (Å²) in [6, 6.07) is 7.68. The van der Waals surface area contributed by atoms with Gasteiger partial charge in [-0.2, -0.15) is 5.10 Å². The highest BCUT2D eigenvalue weighted by atomic mass is 16.4. The first-order valence-corrected chi connectivity index (χ1v) is 5.92. The van der Waals surface area contributed by atoms with Crippen LogP contribution in [0.5, 0.6) is 0 Å². The van der Waals surface area contributed by atoms with Crippen molar-refractivity contribution in [2.45, 2.75) is 20.4 Å². The van der Waals surface area contributed by atoms with Crippen LogP contribution in [0.4, 0.5) is 0 Å². The average molecular weight is 257 g/mol. The van der Waals surface area contributed by atoms with Gasteiger partial charge in [0.25, 0.3) is 0 Å². The third kappa shape index (κ3) is 3.51. The van der Waals surface area contributed by atoms with Crippen molar-refractivity contribution in [3.63, 3.8) is 0 Å². The third-order valence-corrected chi connectivity index (χ3v) is 2.66. The molecule has 1 aromatic heterocycles. The number of rotatable bonds is 4. The summed E-state index contributed by atoms with van der Waals surface area (Å²) in [5.74, 6) is 0.663. The van der Waals surface area contributed by atoms with E-state index in [4.69, 9.17) is 5.11 Å². The molecule has 1 N–H and O–H groups in total. The molecule has 2 aromatic rings. The van der Waals surface area contributed by atoms with Crippen LogP contribution >= 0.6 is 0 Å². The minimum absolute atomic E-state index is 0.626. The smallest absolute Gasteiger partial charge is 0.328 e. The van der Waals surface area contributed by atoms with Crippen LogP contribution in [0, 0.1) is 13.8 Å². The van der Waals surface area contributed by atoms with Crippen LogP contribution in [0.15, 0.2) is 30.3 Å². The largest absolute Gasteiger partial charge is 0.478 e. The van der Waals surface area contributed by atoms with Crippen molar-refractivity contribution in [1.29, 1.82) is 0 Å². The van der Waals surface area contributed by atoms with Gasteiger partial charge in [0.1, 0.15) is 11.6 Å². The average Bonchev–Trinajstić information content (AvgIpc) is 2.66. The van der Waals surface area contributed by atoms with Gasteiger partial charge in [0.05, 0.1) is 6.54 Å². The fraction of sp³-hybridized carbons (Fsp3) is 0.214. The van der Waals surface area contributed by atoms with E-state index in [0.717, 1.165) is 28.9 Å². The molecule has 1 heterocycles. The highest BCUT2D eigenvalue weighted by Gasteiger charge is 2.03. The van der Waals surface area contributed by atoms with Crippen LogP contribution in [0.1, 0.15) is 22.8 Å².